The van der Waals surface area contributed by atoms with Gasteiger partial charge in [0.2, 0.25) is 11.9 Å². The van der Waals surface area contributed by atoms with E-state index in [1.165, 1.54) is 12.4 Å². The first-order chi connectivity index (χ1) is 14.2. The predicted octanol–water partition coefficient (Wildman–Crippen LogP) is 1.79. The maximum Gasteiger partial charge on any atom is 0.254 e. The van der Waals surface area contributed by atoms with Gasteiger partial charge in [-0.25, -0.2) is 15.4 Å². The standard InChI is InChI=1S/C20H27N5O4/c26-13-12-25(17-8-4-3-5-9-17)20-22-14-16(15-23-20)19(28)21-11-7-2-1-6-10-18(27)24-29/h3-5,8-9,14-15,26,29H,1-2,6-7,10-13H2,(H,21,28)(H,24,27). The van der Waals surface area contributed by atoms with E-state index in [0.29, 0.717) is 37.4 Å². The summed E-state index contributed by atoms with van der Waals surface area (Å²) < 4.78 is 0. The summed E-state index contributed by atoms with van der Waals surface area (Å²) in [4.78, 5) is 33.4. The third kappa shape index (κ3) is 7.47. The van der Waals surface area contributed by atoms with Crippen molar-refractivity contribution in [1.82, 2.24) is 20.8 Å². The zero-order chi connectivity index (χ0) is 20.9. The molecule has 9 heteroatoms. The van der Waals surface area contributed by atoms with Crippen LogP contribution in [0.15, 0.2) is 42.7 Å². The molecule has 0 aliphatic rings. The van der Waals surface area contributed by atoms with Crippen LogP contribution in [-0.4, -0.2) is 51.8 Å². The van der Waals surface area contributed by atoms with Gasteiger partial charge >= 0.3 is 0 Å². The van der Waals surface area contributed by atoms with Crippen LogP contribution >= 0.6 is 0 Å². The van der Waals surface area contributed by atoms with Gasteiger partial charge in [0.25, 0.3) is 5.91 Å². The van der Waals surface area contributed by atoms with Gasteiger partial charge in [-0.05, 0) is 25.0 Å². The monoisotopic (exact) mass is 401 g/mol. The second kappa shape index (κ2) is 12.4. The molecule has 9 nitrogen and oxygen atoms in total. The van der Waals surface area contributed by atoms with E-state index in [1.807, 2.05) is 30.3 Å². The van der Waals surface area contributed by atoms with Crippen molar-refractivity contribution in [3.05, 3.63) is 48.3 Å². The predicted molar refractivity (Wildman–Crippen MR) is 108 cm³/mol. The lowest BCUT2D eigenvalue weighted by Crippen LogP contribution is -2.26. The van der Waals surface area contributed by atoms with Gasteiger partial charge in [-0.3, -0.25) is 14.8 Å². The van der Waals surface area contributed by atoms with Crippen LogP contribution in [0.25, 0.3) is 0 Å². The highest BCUT2D eigenvalue weighted by Gasteiger charge is 2.13. The summed E-state index contributed by atoms with van der Waals surface area (Å²) in [6.07, 6.45) is 6.45. The second-order valence-electron chi connectivity index (χ2n) is 6.44. The van der Waals surface area contributed by atoms with Crippen LogP contribution in [0.1, 0.15) is 42.5 Å². The first-order valence-corrected chi connectivity index (χ1v) is 9.62. The molecule has 2 rings (SSSR count). The fourth-order valence-corrected chi connectivity index (χ4v) is 2.75. The quantitative estimate of drug-likeness (QED) is 0.242. The summed E-state index contributed by atoms with van der Waals surface area (Å²) in [6.45, 7) is 0.814. The fourth-order valence-electron chi connectivity index (χ4n) is 2.75. The molecule has 0 saturated carbocycles. The maximum atomic E-state index is 12.2. The molecule has 0 atom stereocenters. The van der Waals surface area contributed by atoms with E-state index in [-0.39, 0.29) is 18.4 Å². The van der Waals surface area contributed by atoms with Crippen LogP contribution in [0.2, 0.25) is 0 Å². The molecule has 29 heavy (non-hydrogen) atoms. The Balaban J connectivity index is 1.80. The Labute approximate surface area is 169 Å². The minimum atomic E-state index is -0.383. The number of aromatic nitrogens is 2. The lowest BCUT2D eigenvalue weighted by Gasteiger charge is -2.21. The van der Waals surface area contributed by atoms with Gasteiger partial charge in [-0.2, -0.15) is 0 Å². The van der Waals surface area contributed by atoms with Gasteiger partial charge < -0.3 is 15.3 Å². The molecule has 0 aliphatic carbocycles. The Kier molecular flexibility index (Phi) is 9.53. The van der Waals surface area contributed by atoms with Gasteiger partial charge in [0.05, 0.1) is 12.2 Å². The molecule has 1 aromatic carbocycles. The third-order valence-electron chi connectivity index (χ3n) is 4.27. The van der Waals surface area contributed by atoms with Crippen molar-refractivity contribution in [1.29, 1.82) is 0 Å². The van der Waals surface area contributed by atoms with Gasteiger partial charge in [-0.15, -0.1) is 0 Å². The summed E-state index contributed by atoms with van der Waals surface area (Å²) in [5.41, 5.74) is 2.83. The Morgan fingerprint density at radius 1 is 1.00 bits per heavy atom. The van der Waals surface area contributed by atoms with Crippen LogP contribution in [-0.2, 0) is 4.79 Å². The highest BCUT2D eigenvalue weighted by atomic mass is 16.5. The zero-order valence-electron chi connectivity index (χ0n) is 16.3. The minimum absolute atomic E-state index is 0.0504. The van der Waals surface area contributed by atoms with Crippen LogP contribution in [0.5, 0.6) is 0 Å². The van der Waals surface area contributed by atoms with Crippen molar-refractivity contribution in [3.8, 4) is 0 Å². The van der Waals surface area contributed by atoms with Crippen LogP contribution < -0.4 is 15.7 Å². The number of unbranched alkanes of at least 4 members (excludes halogenated alkanes) is 3. The molecule has 1 aromatic heterocycles. The van der Waals surface area contributed by atoms with Crippen LogP contribution in [0, 0.1) is 0 Å². The zero-order valence-corrected chi connectivity index (χ0v) is 16.3. The first-order valence-electron chi connectivity index (χ1n) is 9.62. The molecule has 1 heterocycles. The summed E-state index contributed by atoms with van der Waals surface area (Å²) in [5.74, 6) is -0.218. The Morgan fingerprint density at radius 3 is 2.34 bits per heavy atom. The molecular weight excluding hydrogens is 374 g/mol. The first kappa shape index (κ1) is 22.3. The average molecular weight is 401 g/mol. The molecule has 2 amide bonds. The van der Waals surface area contributed by atoms with E-state index in [0.717, 1.165) is 24.9 Å². The number of anilines is 2. The molecule has 0 unspecified atom stereocenters. The molecule has 0 bridgehead atoms. The number of hydrogen-bond donors (Lipinski definition) is 4. The number of carbonyl (C=O) groups excluding carboxylic acids is 2. The number of para-hydroxylation sites is 1. The Bertz CT molecular complexity index is 755. The van der Waals surface area contributed by atoms with Crippen molar-refractivity contribution >= 4 is 23.5 Å². The number of aliphatic hydroxyl groups excluding tert-OH is 1. The van der Waals surface area contributed by atoms with Gasteiger partial charge in [0.1, 0.15) is 0 Å². The number of carbonyl (C=O) groups is 2. The number of aliphatic hydroxyl groups is 1. The average Bonchev–Trinajstić information content (AvgIpc) is 2.77. The molecular formula is C20H27N5O4. The van der Waals surface area contributed by atoms with Crippen LogP contribution in [0.4, 0.5) is 11.6 Å². The number of amides is 2. The summed E-state index contributed by atoms with van der Waals surface area (Å²) in [6, 6.07) is 9.48. The lowest BCUT2D eigenvalue weighted by molar-refractivity contribution is -0.129. The molecule has 156 valence electrons. The van der Waals surface area contributed by atoms with E-state index in [9.17, 15) is 14.7 Å². The molecule has 0 spiro atoms. The van der Waals surface area contributed by atoms with E-state index >= 15 is 0 Å². The molecule has 4 N–H and O–H groups in total. The largest absolute Gasteiger partial charge is 0.395 e. The van der Waals surface area contributed by atoms with E-state index in [1.54, 1.807) is 10.4 Å². The number of hydroxylamine groups is 1. The van der Waals surface area contributed by atoms with Crippen molar-refractivity contribution < 1.29 is 19.9 Å². The molecule has 0 fully saturated rings. The van der Waals surface area contributed by atoms with Crippen LogP contribution in [0.3, 0.4) is 0 Å². The highest BCUT2D eigenvalue weighted by Crippen LogP contribution is 2.20. The summed E-state index contributed by atoms with van der Waals surface area (Å²) in [5, 5.41) is 20.6. The van der Waals surface area contributed by atoms with Gasteiger partial charge in [0, 0.05) is 37.6 Å². The lowest BCUT2D eigenvalue weighted by atomic mass is 10.1. The third-order valence-corrected chi connectivity index (χ3v) is 4.27. The fraction of sp³-hybridized carbons (Fsp3) is 0.400. The number of benzene rings is 1. The molecule has 0 saturated heterocycles. The van der Waals surface area contributed by atoms with Crippen molar-refractivity contribution in [2.75, 3.05) is 24.6 Å². The Hall–Kier alpha value is -3.04. The maximum absolute atomic E-state index is 12.2. The van der Waals surface area contributed by atoms with E-state index in [2.05, 4.69) is 15.3 Å². The SMILES string of the molecule is O=C(CCCCCCNC(=O)c1cnc(N(CCO)c2ccccc2)nc1)NO. The smallest absolute Gasteiger partial charge is 0.254 e. The normalized spacial score (nSPS) is 10.4. The molecule has 0 aliphatic heterocycles. The Morgan fingerprint density at radius 2 is 1.69 bits per heavy atom. The van der Waals surface area contributed by atoms with Crippen molar-refractivity contribution in [3.63, 3.8) is 0 Å². The molecule has 0 radical (unpaired) electrons. The second-order valence-corrected chi connectivity index (χ2v) is 6.44. The van der Waals surface area contributed by atoms with Gasteiger partial charge in [0.15, 0.2) is 0 Å². The number of nitrogens with zero attached hydrogens (tertiary/aromatic N) is 3. The minimum Gasteiger partial charge on any atom is -0.395 e. The number of hydrogen-bond acceptors (Lipinski definition) is 7. The van der Waals surface area contributed by atoms with Crippen molar-refractivity contribution in [2.45, 2.75) is 32.1 Å². The van der Waals surface area contributed by atoms with Gasteiger partial charge in [-0.1, -0.05) is 31.0 Å². The van der Waals surface area contributed by atoms with E-state index < -0.39 is 0 Å². The summed E-state index contributed by atoms with van der Waals surface area (Å²) in [7, 11) is 0. The van der Waals surface area contributed by atoms with E-state index in [4.69, 9.17) is 5.21 Å². The molecule has 2 aromatic rings. The van der Waals surface area contributed by atoms with Crippen molar-refractivity contribution in [2.24, 2.45) is 0 Å². The number of rotatable bonds is 12. The summed E-state index contributed by atoms with van der Waals surface area (Å²) >= 11 is 0. The topological polar surface area (TPSA) is 128 Å². The number of nitrogens with one attached hydrogen (secondary N) is 2. The highest BCUT2D eigenvalue weighted by molar-refractivity contribution is 5.93.